The van der Waals surface area contributed by atoms with E-state index < -0.39 is 16.8 Å². The molecule has 31 heavy (non-hydrogen) atoms. The number of furan rings is 1. The summed E-state index contributed by atoms with van der Waals surface area (Å²) in [5.41, 5.74) is 0.665. The van der Waals surface area contributed by atoms with Crippen LogP contribution in [-0.4, -0.2) is 26.2 Å². The Bertz CT molecular complexity index is 1280. The second-order valence-corrected chi connectivity index (χ2v) is 8.02. The zero-order valence-corrected chi connectivity index (χ0v) is 17.2. The highest BCUT2D eigenvalue weighted by atomic mass is 32.2. The molecule has 0 unspecified atom stereocenters. The molecule has 1 saturated heterocycles. The molecule has 1 amide bonds. The van der Waals surface area contributed by atoms with Crippen molar-refractivity contribution in [3.05, 3.63) is 87.0 Å². The van der Waals surface area contributed by atoms with Gasteiger partial charge in [-0.25, -0.2) is 4.79 Å². The number of aromatic carboxylic acids is 1. The minimum absolute atomic E-state index is 0.0976. The van der Waals surface area contributed by atoms with Crippen LogP contribution in [0.1, 0.15) is 16.1 Å². The van der Waals surface area contributed by atoms with Gasteiger partial charge in [-0.1, -0.05) is 48.2 Å². The van der Waals surface area contributed by atoms with Gasteiger partial charge in [0.15, 0.2) is 4.32 Å². The van der Waals surface area contributed by atoms with Gasteiger partial charge in [0, 0.05) is 23.8 Å². The Labute approximate surface area is 184 Å². The van der Waals surface area contributed by atoms with Crippen LogP contribution in [0.2, 0.25) is 0 Å². The van der Waals surface area contributed by atoms with Crippen molar-refractivity contribution in [1.29, 1.82) is 0 Å². The van der Waals surface area contributed by atoms with Gasteiger partial charge in [-0.05, 0) is 24.3 Å². The van der Waals surface area contributed by atoms with Crippen molar-refractivity contribution in [1.82, 2.24) is 0 Å². The van der Waals surface area contributed by atoms with Crippen LogP contribution in [0.25, 0.3) is 17.4 Å². The largest absolute Gasteiger partial charge is 0.478 e. The van der Waals surface area contributed by atoms with Gasteiger partial charge < -0.3 is 9.52 Å². The topological polar surface area (TPSA) is 114 Å². The first-order valence-electron chi connectivity index (χ1n) is 8.80. The van der Waals surface area contributed by atoms with Gasteiger partial charge >= 0.3 is 5.97 Å². The molecule has 0 bridgehead atoms. The number of nitrogens with zero attached hydrogens (tertiary/aromatic N) is 2. The number of carboxylic acid groups (broad SMARTS) is 1. The number of hydrogen-bond acceptors (Lipinski definition) is 7. The Kier molecular flexibility index (Phi) is 5.40. The molecule has 3 aromatic rings. The van der Waals surface area contributed by atoms with Crippen LogP contribution in [0.4, 0.5) is 11.4 Å². The third-order valence-electron chi connectivity index (χ3n) is 4.42. The van der Waals surface area contributed by atoms with Gasteiger partial charge in [-0.3, -0.25) is 19.8 Å². The lowest BCUT2D eigenvalue weighted by atomic mass is 10.1. The number of amides is 1. The number of anilines is 1. The monoisotopic (exact) mass is 452 g/mol. The Morgan fingerprint density at radius 3 is 2.68 bits per heavy atom. The molecule has 0 radical (unpaired) electrons. The highest BCUT2D eigenvalue weighted by molar-refractivity contribution is 8.27. The van der Waals surface area contributed by atoms with E-state index in [9.17, 15) is 24.8 Å². The molecule has 1 aliphatic rings. The number of carbonyl (C=O) groups excluding carboxylic acids is 1. The number of nitro groups is 1. The van der Waals surface area contributed by atoms with E-state index in [4.69, 9.17) is 16.6 Å². The lowest BCUT2D eigenvalue weighted by Crippen LogP contribution is -2.27. The van der Waals surface area contributed by atoms with Gasteiger partial charge in [-0.15, -0.1) is 0 Å². The number of rotatable bonds is 5. The molecule has 0 spiro atoms. The zero-order chi connectivity index (χ0) is 22.1. The fourth-order valence-electron chi connectivity index (χ4n) is 3.02. The number of carboxylic acids is 1. The van der Waals surface area contributed by atoms with E-state index in [1.165, 1.54) is 35.2 Å². The molecule has 8 nitrogen and oxygen atoms in total. The third kappa shape index (κ3) is 3.98. The van der Waals surface area contributed by atoms with E-state index in [0.717, 1.165) is 11.8 Å². The SMILES string of the molecule is O=C(O)c1ccccc1-c1ccc(/C=C2/SC(=S)N(c3cccc([N+](=O)[O-])c3)C2=O)o1. The Morgan fingerprint density at radius 2 is 1.94 bits per heavy atom. The van der Waals surface area contributed by atoms with E-state index in [2.05, 4.69) is 0 Å². The number of hydrogen-bond donors (Lipinski definition) is 1. The Balaban J connectivity index is 1.64. The van der Waals surface area contributed by atoms with Crippen LogP contribution in [0.3, 0.4) is 0 Å². The summed E-state index contributed by atoms with van der Waals surface area (Å²) in [5, 5.41) is 20.4. The summed E-state index contributed by atoms with van der Waals surface area (Å²) in [6, 6.07) is 15.3. The maximum Gasteiger partial charge on any atom is 0.336 e. The first-order chi connectivity index (χ1) is 14.8. The van der Waals surface area contributed by atoms with Crippen LogP contribution >= 0.6 is 24.0 Å². The molecule has 2 aromatic carbocycles. The summed E-state index contributed by atoms with van der Waals surface area (Å²) in [7, 11) is 0. The van der Waals surface area contributed by atoms with Crippen LogP contribution in [0, 0.1) is 10.1 Å². The predicted molar refractivity (Wildman–Crippen MR) is 120 cm³/mol. The summed E-state index contributed by atoms with van der Waals surface area (Å²) >= 11 is 6.33. The molecule has 10 heteroatoms. The third-order valence-corrected chi connectivity index (χ3v) is 5.72. The Hall–Kier alpha value is -3.76. The first-order valence-corrected chi connectivity index (χ1v) is 10.0. The normalized spacial score (nSPS) is 15.0. The Morgan fingerprint density at radius 1 is 1.16 bits per heavy atom. The molecule has 4 rings (SSSR count). The van der Waals surface area contributed by atoms with Crippen molar-refractivity contribution in [2.45, 2.75) is 0 Å². The van der Waals surface area contributed by atoms with Crippen LogP contribution in [0.15, 0.2) is 70.0 Å². The molecule has 1 fully saturated rings. The minimum atomic E-state index is -1.08. The van der Waals surface area contributed by atoms with Gasteiger partial charge in [0.1, 0.15) is 11.5 Å². The second kappa shape index (κ2) is 8.17. The van der Waals surface area contributed by atoms with Gasteiger partial charge in [0.05, 0.1) is 21.1 Å². The summed E-state index contributed by atoms with van der Waals surface area (Å²) in [5.74, 6) is -0.820. The second-order valence-electron chi connectivity index (χ2n) is 6.35. The van der Waals surface area contributed by atoms with Gasteiger partial charge in [-0.2, -0.15) is 0 Å². The molecule has 1 aromatic heterocycles. The maximum absolute atomic E-state index is 12.9. The van der Waals surface area contributed by atoms with Crippen molar-refractivity contribution in [2.24, 2.45) is 0 Å². The maximum atomic E-state index is 12.9. The van der Waals surface area contributed by atoms with Crippen molar-refractivity contribution >= 4 is 57.6 Å². The van der Waals surface area contributed by atoms with E-state index in [0.29, 0.717) is 22.8 Å². The highest BCUT2D eigenvalue weighted by Crippen LogP contribution is 2.37. The molecule has 1 aliphatic heterocycles. The van der Waals surface area contributed by atoms with E-state index >= 15 is 0 Å². The summed E-state index contributed by atoms with van der Waals surface area (Å²) < 4.78 is 5.98. The van der Waals surface area contributed by atoms with Crippen molar-refractivity contribution < 1.29 is 24.0 Å². The van der Waals surface area contributed by atoms with Crippen molar-refractivity contribution in [3.63, 3.8) is 0 Å². The van der Waals surface area contributed by atoms with Crippen molar-refractivity contribution in [3.8, 4) is 11.3 Å². The number of thioether (sulfide) groups is 1. The van der Waals surface area contributed by atoms with Gasteiger partial charge in [0.25, 0.3) is 11.6 Å². The smallest absolute Gasteiger partial charge is 0.336 e. The summed E-state index contributed by atoms with van der Waals surface area (Å²) in [6.07, 6.45) is 1.50. The fourth-order valence-corrected chi connectivity index (χ4v) is 4.30. The number of nitro benzene ring substituents is 1. The quantitative estimate of drug-likeness (QED) is 0.250. The van der Waals surface area contributed by atoms with Crippen molar-refractivity contribution in [2.75, 3.05) is 4.90 Å². The van der Waals surface area contributed by atoms with E-state index in [1.54, 1.807) is 36.4 Å². The first kappa shape index (κ1) is 20.5. The zero-order valence-electron chi connectivity index (χ0n) is 15.6. The van der Waals surface area contributed by atoms with E-state index in [-0.39, 0.29) is 20.5 Å². The molecular formula is C21H12N2O6S2. The predicted octanol–water partition coefficient (Wildman–Crippen LogP) is 4.96. The molecule has 154 valence electrons. The van der Waals surface area contributed by atoms with Crippen LogP contribution in [0.5, 0.6) is 0 Å². The average Bonchev–Trinajstić information content (AvgIpc) is 3.32. The standard InChI is InChI=1S/C21H12N2O6S2/c24-19-18(31-21(30)22(19)12-4-3-5-13(10-12)23(27)28)11-14-8-9-17(29-14)15-6-1-2-7-16(15)20(25)26/h1-11H,(H,25,26)/b18-11+. The van der Waals surface area contributed by atoms with E-state index in [1.807, 2.05) is 0 Å². The average molecular weight is 452 g/mol. The number of non-ortho nitro benzene ring substituents is 1. The molecule has 0 aliphatic carbocycles. The summed E-state index contributed by atoms with van der Waals surface area (Å²) in [6.45, 7) is 0. The molecule has 2 heterocycles. The van der Waals surface area contributed by atoms with Crippen LogP contribution in [-0.2, 0) is 4.79 Å². The lowest BCUT2D eigenvalue weighted by molar-refractivity contribution is -0.384. The fraction of sp³-hybridized carbons (Fsp3) is 0. The highest BCUT2D eigenvalue weighted by Gasteiger charge is 2.34. The lowest BCUT2D eigenvalue weighted by Gasteiger charge is -2.13. The van der Waals surface area contributed by atoms with Gasteiger partial charge in [0.2, 0.25) is 0 Å². The number of thiocarbonyl (C=S) groups is 1. The van der Waals surface area contributed by atoms with Crippen LogP contribution < -0.4 is 4.90 Å². The minimum Gasteiger partial charge on any atom is -0.478 e. The number of carbonyl (C=O) groups is 2. The molecule has 0 saturated carbocycles. The molecule has 1 N–H and O–H groups in total. The molecular weight excluding hydrogens is 440 g/mol. The summed E-state index contributed by atoms with van der Waals surface area (Å²) in [4.78, 5) is 36.3. The molecule has 0 atom stereocenters. The number of benzene rings is 2.